The first-order chi connectivity index (χ1) is 21.2. The molecule has 3 aromatic carbocycles. The molecule has 8 nitrogen and oxygen atoms in total. The zero-order valence-electron chi connectivity index (χ0n) is 24.1. The van der Waals surface area contributed by atoms with Crippen LogP contribution in [0.2, 0.25) is 5.02 Å². The molecule has 0 spiro atoms. The van der Waals surface area contributed by atoms with E-state index in [1.165, 1.54) is 9.91 Å². The quantitative estimate of drug-likeness (QED) is 0.312. The highest BCUT2D eigenvalue weighted by Crippen LogP contribution is 2.38. The third-order valence-corrected chi connectivity index (χ3v) is 8.04. The SMILES string of the molecule is COc1ccccc1C1CC(c2ccccc2Cl)=NN1C(=O)CN(CCN1CCOCC1)C(=O)c1ccc(C(F)(F)F)cc1. The highest BCUT2D eigenvalue weighted by Gasteiger charge is 2.37. The molecule has 5 rings (SSSR count). The van der Waals surface area contributed by atoms with E-state index in [-0.39, 0.29) is 18.7 Å². The molecule has 0 aromatic heterocycles. The lowest BCUT2D eigenvalue weighted by molar-refractivity contribution is -0.137. The van der Waals surface area contributed by atoms with Gasteiger partial charge >= 0.3 is 6.18 Å². The zero-order valence-corrected chi connectivity index (χ0v) is 24.9. The van der Waals surface area contributed by atoms with Crippen molar-refractivity contribution in [2.24, 2.45) is 5.10 Å². The maximum atomic E-state index is 14.0. The molecule has 2 aliphatic heterocycles. The van der Waals surface area contributed by atoms with Crippen molar-refractivity contribution in [2.75, 3.05) is 53.0 Å². The van der Waals surface area contributed by atoms with Gasteiger partial charge in [0.1, 0.15) is 12.3 Å². The number of hydrogen-bond donors (Lipinski definition) is 0. The van der Waals surface area contributed by atoms with Gasteiger partial charge in [-0.05, 0) is 36.4 Å². The van der Waals surface area contributed by atoms with Crippen LogP contribution in [0, 0.1) is 0 Å². The summed E-state index contributed by atoms with van der Waals surface area (Å²) in [6.45, 7) is 2.76. The second kappa shape index (κ2) is 13.8. The fourth-order valence-electron chi connectivity index (χ4n) is 5.34. The number of amides is 2. The minimum atomic E-state index is -4.53. The van der Waals surface area contributed by atoms with Crippen LogP contribution in [0.25, 0.3) is 0 Å². The summed E-state index contributed by atoms with van der Waals surface area (Å²) in [5.41, 5.74) is 1.23. The van der Waals surface area contributed by atoms with E-state index in [1.54, 1.807) is 25.3 Å². The van der Waals surface area contributed by atoms with Gasteiger partial charge in [0.05, 0.1) is 37.6 Å². The number of nitrogens with zero attached hydrogens (tertiary/aromatic N) is 4. The Kier molecular flexibility index (Phi) is 9.87. The van der Waals surface area contributed by atoms with E-state index in [0.717, 1.165) is 29.8 Å². The molecule has 1 unspecified atom stereocenters. The van der Waals surface area contributed by atoms with Crippen LogP contribution in [-0.2, 0) is 15.7 Å². The summed E-state index contributed by atoms with van der Waals surface area (Å²) in [6.07, 6.45) is -4.18. The number of hydrazone groups is 1. The van der Waals surface area contributed by atoms with Crippen molar-refractivity contribution in [3.63, 3.8) is 0 Å². The van der Waals surface area contributed by atoms with Gasteiger partial charge in [0.15, 0.2) is 0 Å². The minimum absolute atomic E-state index is 0.0516. The Morgan fingerprint density at radius 2 is 1.70 bits per heavy atom. The number of carbonyl (C=O) groups is 2. The Bertz CT molecular complexity index is 1510. The van der Waals surface area contributed by atoms with Crippen molar-refractivity contribution in [3.8, 4) is 5.75 Å². The largest absolute Gasteiger partial charge is 0.496 e. The predicted molar refractivity (Wildman–Crippen MR) is 160 cm³/mol. The number of rotatable bonds is 9. The Balaban J connectivity index is 1.44. The van der Waals surface area contributed by atoms with E-state index in [1.807, 2.05) is 30.3 Å². The number of methoxy groups -OCH3 is 1. The van der Waals surface area contributed by atoms with Crippen LogP contribution < -0.4 is 4.74 Å². The van der Waals surface area contributed by atoms with Gasteiger partial charge < -0.3 is 14.4 Å². The van der Waals surface area contributed by atoms with Crippen molar-refractivity contribution in [1.29, 1.82) is 0 Å². The molecule has 0 N–H and O–H groups in total. The first-order valence-corrected chi connectivity index (χ1v) is 14.6. The molecule has 1 fully saturated rings. The van der Waals surface area contributed by atoms with Gasteiger partial charge in [-0.15, -0.1) is 0 Å². The Hall–Kier alpha value is -3.93. The third-order valence-electron chi connectivity index (χ3n) is 7.71. The van der Waals surface area contributed by atoms with Crippen molar-refractivity contribution in [3.05, 3.63) is 100 Å². The van der Waals surface area contributed by atoms with Gasteiger partial charge in [-0.3, -0.25) is 14.5 Å². The molecule has 0 bridgehead atoms. The topological polar surface area (TPSA) is 74.7 Å². The molecular formula is C32H32ClF3N4O4. The number of hydrogen-bond acceptors (Lipinski definition) is 6. The monoisotopic (exact) mass is 628 g/mol. The maximum absolute atomic E-state index is 14.0. The summed E-state index contributed by atoms with van der Waals surface area (Å²) in [6, 6.07) is 18.0. The first kappa shape index (κ1) is 31.5. The van der Waals surface area contributed by atoms with Gasteiger partial charge in [0.2, 0.25) is 0 Å². The summed E-state index contributed by atoms with van der Waals surface area (Å²) >= 11 is 6.49. The van der Waals surface area contributed by atoms with Crippen LogP contribution in [0.5, 0.6) is 5.75 Å². The highest BCUT2D eigenvalue weighted by molar-refractivity contribution is 6.34. The Morgan fingerprint density at radius 1 is 1.02 bits per heavy atom. The molecular weight excluding hydrogens is 597 g/mol. The van der Waals surface area contributed by atoms with E-state index in [0.29, 0.717) is 61.3 Å². The van der Waals surface area contributed by atoms with Crippen molar-refractivity contribution >= 4 is 29.1 Å². The number of benzene rings is 3. The van der Waals surface area contributed by atoms with Gasteiger partial charge in [0, 0.05) is 54.3 Å². The number of alkyl halides is 3. The molecule has 232 valence electrons. The van der Waals surface area contributed by atoms with Crippen LogP contribution >= 0.6 is 11.6 Å². The van der Waals surface area contributed by atoms with E-state index in [2.05, 4.69) is 4.90 Å². The standard InChI is InChI=1S/C32H32ClF3N4O4/c1-43-29-9-5-3-7-25(29)28-20-27(24-6-2-4-8-26(24)33)37-40(28)30(41)21-39(15-14-38-16-18-44-19-17-38)31(42)22-10-12-23(13-11-22)32(34,35)36/h2-13,28H,14-21H2,1H3. The lowest BCUT2D eigenvalue weighted by Gasteiger charge is -2.31. The molecule has 2 amide bonds. The van der Waals surface area contributed by atoms with E-state index in [4.69, 9.17) is 26.2 Å². The van der Waals surface area contributed by atoms with Crippen molar-refractivity contribution in [2.45, 2.75) is 18.6 Å². The van der Waals surface area contributed by atoms with Crippen molar-refractivity contribution in [1.82, 2.24) is 14.8 Å². The minimum Gasteiger partial charge on any atom is -0.496 e. The summed E-state index contributed by atoms with van der Waals surface area (Å²) in [7, 11) is 1.55. The molecule has 0 radical (unpaired) electrons. The molecule has 44 heavy (non-hydrogen) atoms. The van der Waals surface area contributed by atoms with Crippen LogP contribution in [0.4, 0.5) is 13.2 Å². The normalized spacial score (nSPS) is 17.3. The number of ether oxygens (including phenoxy) is 2. The fourth-order valence-corrected chi connectivity index (χ4v) is 5.59. The zero-order chi connectivity index (χ0) is 31.3. The number of carbonyl (C=O) groups excluding carboxylic acids is 2. The first-order valence-electron chi connectivity index (χ1n) is 14.2. The van der Waals surface area contributed by atoms with E-state index >= 15 is 0 Å². The third kappa shape index (κ3) is 7.23. The predicted octanol–water partition coefficient (Wildman–Crippen LogP) is 5.52. The number of halogens is 4. The Labute approximate surface area is 258 Å². The Morgan fingerprint density at radius 3 is 2.39 bits per heavy atom. The van der Waals surface area contributed by atoms with E-state index < -0.39 is 29.6 Å². The average molecular weight is 629 g/mol. The molecule has 3 aromatic rings. The number of morpholine rings is 1. The van der Waals surface area contributed by atoms with Gasteiger partial charge in [0.25, 0.3) is 11.8 Å². The lowest BCUT2D eigenvalue weighted by atomic mass is 9.97. The summed E-state index contributed by atoms with van der Waals surface area (Å²) in [4.78, 5) is 31.2. The molecule has 0 saturated carbocycles. The summed E-state index contributed by atoms with van der Waals surface area (Å²) in [5.74, 6) is -0.426. The van der Waals surface area contributed by atoms with Crippen LogP contribution in [0.3, 0.4) is 0 Å². The van der Waals surface area contributed by atoms with Crippen LogP contribution in [0.15, 0.2) is 77.9 Å². The van der Waals surface area contributed by atoms with Gasteiger partial charge in [-0.25, -0.2) is 5.01 Å². The smallest absolute Gasteiger partial charge is 0.416 e. The fraction of sp³-hybridized carbons (Fsp3) is 0.344. The molecule has 12 heteroatoms. The molecule has 1 atom stereocenters. The summed E-state index contributed by atoms with van der Waals surface area (Å²) < 4.78 is 50.5. The van der Waals surface area contributed by atoms with Gasteiger partial charge in [-0.2, -0.15) is 18.3 Å². The molecule has 0 aliphatic carbocycles. The van der Waals surface area contributed by atoms with Crippen LogP contribution in [0.1, 0.15) is 39.5 Å². The van der Waals surface area contributed by atoms with Crippen molar-refractivity contribution < 1.29 is 32.2 Å². The highest BCUT2D eigenvalue weighted by atomic mass is 35.5. The molecule has 1 saturated heterocycles. The van der Waals surface area contributed by atoms with Crippen LogP contribution in [-0.4, -0.2) is 85.4 Å². The van der Waals surface area contributed by atoms with E-state index in [9.17, 15) is 22.8 Å². The molecule has 2 heterocycles. The maximum Gasteiger partial charge on any atom is 0.416 e. The summed E-state index contributed by atoms with van der Waals surface area (Å²) in [5, 5.41) is 6.55. The lowest BCUT2D eigenvalue weighted by Crippen LogP contribution is -2.46. The van der Waals surface area contributed by atoms with Gasteiger partial charge in [-0.1, -0.05) is 48.0 Å². The molecule has 2 aliphatic rings. The average Bonchev–Trinajstić information content (AvgIpc) is 3.48. The second-order valence-electron chi connectivity index (χ2n) is 10.5. The second-order valence-corrected chi connectivity index (χ2v) is 10.9. The number of para-hydroxylation sites is 1.